The van der Waals surface area contributed by atoms with Crippen LogP contribution in [-0.4, -0.2) is 47.1 Å². The lowest BCUT2D eigenvalue weighted by molar-refractivity contribution is 0.0358. The molecule has 0 unspecified atom stereocenters. The third kappa shape index (κ3) is 2.74. The molecular weight excluding hydrogens is 234 g/mol. The first-order valence-corrected chi connectivity index (χ1v) is 5.86. The monoisotopic (exact) mass is 251 g/mol. The molecule has 1 saturated heterocycles. The van der Waals surface area contributed by atoms with Crippen molar-refractivity contribution in [3.05, 3.63) is 18.1 Å². The Kier molecular flexibility index (Phi) is 4.06. The number of amides is 1. The molecule has 1 aromatic heterocycles. The van der Waals surface area contributed by atoms with Gasteiger partial charge in [0.2, 0.25) is 0 Å². The molecule has 18 heavy (non-hydrogen) atoms. The molecule has 0 spiro atoms. The maximum atomic E-state index is 12.2. The van der Waals surface area contributed by atoms with E-state index in [-0.39, 0.29) is 11.9 Å². The molecule has 1 aromatic rings. The summed E-state index contributed by atoms with van der Waals surface area (Å²) in [6.45, 7) is 1.39. The number of nitrogens with zero attached hydrogens (tertiary/aromatic N) is 3. The van der Waals surface area contributed by atoms with E-state index in [2.05, 4.69) is 15.4 Å². The average Bonchev–Trinajstić information content (AvgIpc) is 2.46. The second-order valence-corrected chi connectivity index (χ2v) is 4.19. The van der Waals surface area contributed by atoms with Crippen molar-refractivity contribution in [3.63, 3.8) is 0 Å². The minimum Gasteiger partial charge on any atom is -0.381 e. The van der Waals surface area contributed by atoms with Crippen LogP contribution in [0.25, 0.3) is 0 Å². The Labute approximate surface area is 105 Å². The van der Waals surface area contributed by atoms with Crippen molar-refractivity contribution < 1.29 is 9.53 Å². The van der Waals surface area contributed by atoms with Crippen LogP contribution < -0.4 is 11.3 Å². The van der Waals surface area contributed by atoms with Crippen molar-refractivity contribution in [2.75, 3.05) is 25.7 Å². The summed E-state index contributed by atoms with van der Waals surface area (Å²) in [5.41, 5.74) is 2.67. The van der Waals surface area contributed by atoms with E-state index in [0.29, 0.717) is 24.7 Å². The summed E-state index contributed by atoms with van der Waals surface area (Å²) in [7, 11) is 1.78. The number of aromatic nitrogens is 2. The van der Waals surface area contributed by atoms with Crippen molar-refractivity contribution in [2.45, 2.75) is 18.9 Å². The van der Waals surface area contributed by atoms with Crippen LogP contribution in [-0.2, 0) is 4.74 Å². The van der Waals surface area contributed by atoms with Gasteiger partial charge in [-0.3, -0.25) is 9.78 Å². The molecule has 1 fully saturated rings. The summed E-state index contributed by atoms with van der Waals surface area (Å²) < 4.78 is 5.28. The van der Waals surface area contributed by atoms with Crippen LogP contribution in [0.2, 0.25) is 0 Å². The molecule has 3 N–H and O–H groups in total. The van der Waals surface area contributed by atoms with E-state index in [9.17, 15) is 4.79 Å². The van der Waals surface area contributed by atoms with Crippen LogP contribution in [0.3, 0.4) is 0 Å². The van der Waals surface area contributed by atoms with Gasteiger partial charge in [-0.2, -0.15) is 0 Å². The lowest BCUT2D eigenvalue weighted by atomic mass is 10.1. The highest BCUT2D eigenvalue weighted by molar-refractivity contribution is 5.92. The first-order chi connectivity index (χ1) is 8.72. The van der Waals surface area contributed by atoms with Gasteiger partial charge in [-0.15, -0.1) is 0 Å². The molecular formula is C11H17N5O2. The quantitative estimate of drug-likeness (QED) is 0.581. The number of hydrogen-bond acceptors (Lipinski definition) is 6. The fourth-order valence-corrected chi connectivity index (χ4v) is 1.96. The summed E-state index contributed by atoms with van der Waals surface area (Å²) in [4.78, 5) is 21.9. The number of anilines is 1. The zero-order chi connectivity index (χ0) is 13.0. The van der Waals surface area contributed by atoms with Gasteiger partial charge in [0.25, 0.3) is 5.91 Å². The molecule has 7 nitrogen and oxygen atoms in total. The number of nitrogens with one attached hydrogen (secondary N) is 1. The zero-order valence-electron chi connectivity index (χ0n) is 10.3. The Morgan fingerprint density at radius 3 is 2.89 bits per heavy atom. The second kappa shape index (κ2) is 5.74. The Morgan fingerprint density at radius 1 is 1.50 bits per heavy atom. The summed E-state index contributed by atoms with van der Waals surface area (Å²) in [5.74, 6) is 5.47. The fourth-order valence-electron chi connectivity index (χ4n) is 1.96. The van der Waals surface area contributed by atoms with Gasteiger partial charge >= 0.3 is 0 Å². The minimum atomic E-state index is -0.147. The van der Waals surface area contributed by atoms with Gasteiger partial charge in [0.05, 0.1) is 12.4 Å². The van der Waals surface area contributed by atoms with E-state index in [1.165, 1.54) is 12.4 Å². The third-order valence-corrected chi connectivity index (χ3v) is 3.06. The second-order valence-electron chi connectivity index (χ2n) is 4.19. The predicted octanol–water partition coefficient (Wildman–Crippen LogP) is 0.0132. The molecule has 2 rings (SSSR count). The molecule has 1 aliphatic heterocycles. The van der Waals surface area contributed by atoms with Crippen molar-refractivity contribution in [2.24, 2.45) is 5.84 Å². The van der Waals surface area contributed by atoms with Gasteiger partial charge in [0.1, 0.15) is 5.69 Å². The zero-order valence-corrected chi connectivity index (χ0v) is 10.3. The maximum absolute atomic E-state index is 12.2. The smallest absolute Gasteiger partial charge is 0.274 e. The number of carbonyl (C=O) groups is 1. The molecule has 0 aromatic carbocycles. The first-order valence-electron chi connectivity index (χ1n) is 5.86. The summed E-state index contributed by atoms with van der Waals surface area (Å²) >= 11 is 0. The highest BCUT2D eigenvalue weighted by atomic mass is 16.5. The standard InChI is InChI=1S/C11H17N5O2/c1-16(8-2-4-18-5-3-8)11(17)9-6-13-7-10(14-9)15-12/h6-8H,2-5,12H2,1H3,(H,14,15). The van der Waals surface area contributed by atoms with Gasteiger partial charge in [0, 0.05) is 26.3 Å². The number of carbonyl (C=O) groups excluding carboxylic acids is 1. The van der Waals surface area contributed by atoms with Gasteiger partial charge in [0.15, 0.2) is 5.82 Å². The minimum absolute atomic E-state index is 0.147. The van der Waals surface area contributed by atoms with Gasteiger partial charge in [-0.25, -0.2) is 10.8 Å². The Bertz CT molecular complexity index is 420. The summed E-state index contributed by atoms with van der Waals surface area (Å²) in [5, 5.41) is 0. The van der Waals surface area contributed by atoms with E-state index < -0.39 is 0 Å². The molecule has 0 radical (unpaired) electrons. The molecule has 1 amide bonds. The average molecular weight is 251 g/mol. The van der Waals surface area contributed by atoms with Crippen LogP contribution in [0.4, 0.5) is 5.82 Å². The Balaban J connectivity index is 2.09. The largest absolute Gasteiger partial charge is 0.381 e. The van der Waals surface area contributed by atoms with E-state index in [1.54, 1.807) is 11.9 Å². The van der Waals surface area contributed by atoms with Crippen molar-refractivity contribution in [3.8, 4) is 0 Å². The number of hydrogen-bond donors (Lipinski definition) is 2. The van der Waals surface area contributed by atoms with Crippen molar-refractivity contribution >= 4 is 11.7 Å². The number of hydrazine groups is 1. The molecule has 98 valence electrons. The fraction of sp³-hybridized carbons (Fsp3) is 0.545. The van der Waals surface area contributed by atoms with Crippen molar-refractivity contribution in [1.29, 1.82) is 0 Å². The summed E-state index contributed by atoms with van der Waals surface area (Å²) in [6, 6.07) is 0.197. The highest BCUT2D eigenvalue weighted by Crippen LogP contribution is 2.15. The van der Waals surface area contributed by atoms with Crippen LogP contribution in [0.15, 0.2) is 12.4 Å². The predicted molar refractivity (Wildman–Crippen MR) is 65.8 cm³/mol. The maximum Gasteiger partial charge on any atom is 0.274 e. The van der Waals surface area contributed by atoms with Crippen LogP contribution in [0, 0.1) is 0 Å². The molecule has 1 aliphatic rings. The molecule has 0 saturated carbocycles. The van der Waals surface area contributed by atoms with Gasteiger partial charge < -0.3 is 15.1 Å². The van der Waals surface area contributed by atoms with E-state index in [1.807, 2.05) is 0 Å². The lowest BCUT2D eigenvalue weighted by Crippen LogP contribution is -2.41. The third-order valence-electron chi connectivity index (χ3n) is 3.06. The van der Waals surface area contributed by atoms with E-state index >= 15 is 0 Å². The SMILES string of the molecule is CN(C(=O)c1cncc(NN)n1)C1CCOCC1. The molecule has 0 bridgehead atoms. The van der Waals surface area contributed by atoms with Crippen LogP contribution in [0.1, 0.15) is 23.3 Å². The normalized spacial score (nSPS) is 16.3. The van der Waals surface area contributed by atoms with E-state index in [4.69, 9.17) is 10.6 Å². The molecule has 0 atom stereocenters. The topological polar surface area (TPSA) is 93.4 Å². The molecule has 7 heteroatoms. The first kappa shape index (κ1) is 12.7. The van der Waals surface area contributed by atoms with E-state index in [0.717, 1.165) is 12.8 Å². The molecule has 2 heterocycles. The number of rotatable bonds is 3. The van der Waals surface area contributed by atoms with Crippen molar-refractivity contribution in [1.82, 2.24) is 14.9 Å². The van der Waals surface area contributed by atoms with Crippen LogP contribution >= 0.6 is 0 Å². The number of nitrogen functional groups attached to an aromatic ring is 1. The Hall–Kier alpha value is -1.73. The number of nitrogens with two attached hydrogens (primary N) is 1. The van der Waals surface area contributed by atoms with Gasteiger partial charge in [-0.1, -0.05) is 0 Å². The Morgan fingerprint density at radius 2 is 2.22 bits per heavy atom. The van der Waals surface area contributed by atoms with Gasteiger partial charge in [-0.05, 0) is 12.8 Å². The molecule has 0 aliphatic carbocycles. The lowest BCUT2D eigenvalue weighted by Gasteiger charge is -2.30. The number of ether oxygens (including phenoxy) is 1. The summed E-state index contributed by atoms with van der Waals surface area (Å²) in [6.07, 6.45) is 4.61. The van der Waals surface area contributed by atoms with Crippen LogP contribution in [0.5, 0.6) is 0 Å². The highest BCUT2D eigenvalue weighted by Gasteiger charge is 2.24.